The number of carbonyl (C=O) groups excluding carboxylic acids is 1. The van der Waals surface area contributed by atoms with Gasteiger partial charge in [-0.3, -0.25) is 9.59 Å². The monoisotopic (exact) mass is 390 g/mol. The second kappa shape index (κ2) is 7.12. The summed E-state index contributed by atoms with van der Waals surface area (Å²) in [7, 11) is 0. The lowest BCUT2D eigenvalue weighted by Gasteiger charge is -2.33. The number of aromatic nitrogens is 1. The Labute approximate surface area is 160 Å². The number of thiazole rings is 1. The van der Waals surface area contributed by atoms with Gasteiger partial charge < -0.3 is 10.0 Å². The summed E-state index contributed by atoms with van der Waals surface area (Å²) >= 11 is 3.44. The number of hydrogen-bond acceptors (Lipinski definition) is 5. The van der Waals surface area contributed by atoms with Crippen LogP contribution in [0, 0.1) is 18.8 Å². The number of aryl methyl sites for hydroxylation is 1. The molecule has 1 aliphatic carbocycles. The lowest BCUT2D eigenvalue weighted by Crippen LogP contribution is -2.41. The van der Waals surface area contributed by atoms with Crippen molar-refractivity contribution in [1.82, 2.24) is 9.88 Å². The molecule has 1 fully saturated rings. The first-order chi connectivity index (χ1) is 12.5. The van der Waals surface area contributed by atoms with Crippen LogP contribution in [0.15, 0.2) is 11.4 Å². The molecule has 1 aliphatic heterocycles. The first-order valence-corrected chi connectivity index (χ1v) is 10.8. The van der Waals surface area contributed by atoms with E-state index < -0.39 is 5.97 Å². The molecule has 2 atom stereocenters. The fraction of sp³-hybridized carbons (Fsp3) is 0.526. The third-order valence-corrected chi connectivity index (χ3v) is 7.46. The predicted octanol–water partition coefficient (Wildman–Crippen LogP) is 3.96. The molecule has 2 unspecified atom stereocenters. The standard InChI is InChI=1S/C19H22N2O3S2/c1-11-20-15(10-25-11)17-8-14-9-21(6-5-16(14)26-17)18(22)12-3-2-4-13(7-12)19(23)24/h8,10,12-13H,2-7,9H2,1H3,(H,23,24). The fourth-order valence-corrected chi connectivity index (χ4v) is 5.83. The highest BCUT2D eigenvalue weighted by Crippen LogP contribution is 2.37. The van der Waals surface area contributed by atoms with Gasteiger partial charge in [0, 0.05) is 29.3 Å². The molecular weight excluding hydrogens is 368 g/mol. The first kappa shape index (κ1) is 17.7. The van der Waals surface area contributed by atoms with Crippen molar-refractivity contribution >= 4 is 34.6 Å². The highest BCUT2D eigenvalue weighted by molar-refractivity contribution is 7.16. The van der Waals surface area contributed by atoms with Crippen LogP contribution in [0.1, 0.15) is 41.1 Å². The summed E-state index contributed by atoms with van der Waals surface area (Å²) in [5.41, 5.74) is 2.25. The van der Waals surface area contributed by atoms with Crippen LogP contribution in [0.2, 0.25) is 0 Å². The lowest BCUT2D eigenvalue weighted by molar-refractivity contribution is -0.145. The summed E-state index contributed by atoms with van der Waals surface area (Å²) in [5.74, 6) is -1.12. The van der Waals surface area contributed by atoms with E-state index in [1.807, 2.05) is 11.8 Å². The predicted molar refractivity (Wildman–Crippen MR) is 102 cm³/mol. The number of aliphatic carboxylic acids is 1. The van der Waals surface area contributed by atoms with E-state index in [0.29, 0.717) is 19.4 Å². The van der Waals surface area contributed by atoms with Crippen LogP contribution in [-0.4, -0.2) is 33.4 Å². The molecule has 0 spiro atoms. The maximum atomic E-state index is 12.9. The molecule has 2 aliphatic rings. The molecule has 2 aromatic rings. The van der Waals surface area contributed by atoms with Gasteiger partial charge in [0.1, 0.15) is 0 Å². The van der Waals surface area contributed by atoms with Crippen LogP contribution in [0.25, 0.3) is 10.6 Å². The van der Waals surface area contributed by atoms with E-state index in [-0.39, 0.29) is 17.7 Å². The number of nitrogens with zero attached hydrogens (tertiary/aromatic N) is 2. The topological polar surface area (TPSA) is 70.5 Å². The number of carboxylic acid groups (broad SMARTS) is 1. The van der Waals surface area contributed by atoms with Crippen LogP contribution in [0.3, 0.4) is 0 Å². The van der Waals surface area contributed by atoms with Crippen molar-refractivity contribution < 1.29 is 14.7 Å². The number of fused-ring (bicyclic) bond motifs is 1. The summed E-state index contributed by atoms with van der Waals surface area (Å²) in [6.45, 7) is 3.38. The van der Waals surface area contributed by atoms with Crippen molar-refractivity contribution in [2.24, 2.45) is 11.8 Å². The largest absolute Gasteiger partial charge is 0.481 e. The lowest BCUT2D eigenvalue weighted by atomic mass is 9.80. The quantitative estimate of drug-likeness (QED) is 0.861. The van der Waals surface area contributed by atoms with E-state index in [1.165, 1.54) is 15.3 Å². The summed E-state index contributed by atoms with van der Waals surface area (Å²) < 4.78 is 0. The normalized spacial score (nSPS) is 22.9. The van der Waals surface area contributed by atoms with Crippen molar-refractivity contribution in [3.05, 3.63) is 26.9 Å². The van der Waals surface area contributed by atoms with Gasteiger partial charge in [0.2, 0.25) is 5.91 Å². The molecule has 4 rings (SSSR count). The van der Waals surface area contributed by atoms with Crippen molar-refractivity contribution in [2.45, 2.75) is 45.6 Å². The Morgan fingerprint density at radius 1 is 1.31 bits per heavy atom. The molecule has 0 radical (unpaired) electrons. The van der Waals surface area contributed by atoms with Gasteiger partial charge in [-0.05, 0) is 44.2 Å². The van der Waals surface area contributed by atoms with Gasteiger partial charge in [0.25, 0.3) is 0 Å². The van der Waals surface area contributed by atoms with Crippen molar-refractivity contribution in [1.29, 1.82) is 0 Å². The van der Waals surface area contributed by atoms with E-state index in [0.717, 1.165) is 36.5 Å². The van der Waals surface area contributed by atoms with Crippen molar-refractivity contribution in [2.75, 3.05) is 6.54 Å². The molecule has 0 saturated heterocycles. The molecule has 1 N–H and O–H groups in total. The Bertz CT molecular complexity index is 842. The third-order valence-electron chi connectivity index (χ3n) is 5.42. The molecule has 0 aromatic carbocycles. The zero-order chi connectivity index (χ0) is 18.3. The number of carboxylic acids is 1. The molecule has 3 heterocycles. The van der Waals surface area contributed by atoms with Gasteiger partial charge in [-0.2, -0.15) is 0 Å². The van der Waals surface area contributed by atoms with E-state index in [4.69, 9.17) is 0 Å². The Balaban J connectivity index is 1.47. The maximum absolute atomic E-state index is 12.9. The van der Waals surface area contributed by atoms with Gasteiger partial charge in [0.15, 0.2) is 0 Å². The highest BCUT2D eigenvalue weighted by atomic mass is 32.1. The molecular formula is C19H22N2O3S2. The van der Waals surface area contributed by atoms with E-state index in [1.54, 1.807) is 22.7 Å². The fourth-order valence-electron chi connectivity index (χ4n) is 4.02. The Hall–Kier alpha value is -1.73. The van der Waals surface area contributed by atoms with E-state index in [9.17, 15) is 14.7 Å². The molecule has 0 bridgehead atoms. The highest BCUT2D eigenvalue weighted by Gasteiger charge is 2.34. The van der Waals surface area contributed by atoms with Gasteiger partial charge in [-0.25, -0.2) is 4.98 Å². The smallest absolute Gasteiger partial charge is 0.306 e. The summed E-state index contributed by atoms with van der Waals surface area (Å²) in [6.07, 6.45) is 3.72. The average Bonchev–Trinajstić information content (AvgIpc) is 3.26. The molecule has 1 amide bonds. The number of amides is 1. The summed E-state index contributed by atoms with van der Waals surface area (Å²) in [5, 5.41) is 12.4. The molecule has 1 saturated carbocycles. The summed E-state index contributed by atoms with van der Waals surface area (Å²) in [4.78, 5) is 33.2. The zero-order valence-corrected chi connectivity index (χ0v) is 16.4. The van der Waals surface area contributed by atoms with Crippen molar-refractivity contribution in [3.8, 4) is 10.6 Å². The van der Waals surface area contributed by atoms with Gasteiger partial charge in [0.05, 0.1) is 21.5 Å². The Kier molecular flexibility index (Phi) is 4.84. The van der Waals surface area contributed by atoms with Crippen LogP contribution in [-0.2, 0) is 22.6 Å². The van der Waals surface area contributed by atoms with E-state index in [2.05, 4.69) is 16.4 Å². The summed E-state index contributed by atoms with van der Waals surface area (Å²) in [6, 6.07) is 2.18. The second-order valence-electron chi connectivity index (χ2n) is 7.22. The second-order valence-corrected chi connectivity index (χ2v) is 9.42. The third kappa shape index (κ3) is 3.42. The van der Waals surface area contributed by atoms with Crippen LogP contribution >= 0.6 is 22.7 Å². The van der Waals surface area contributed by atoms with Gasteiger partial charge in [-0.1, -0.05) is 6.42 Å². The number of carbonyl (C=O) groups is 2. The van der Waals surface area contributed by atoms with Crippen LogP contribution in [0.5, 0.6) is 0 Å². The minimum atomic E-state index is -0.760. The number of rotatable bonds is 3. The minimum absolute atomic E-state index is 0.134. The Morgan fingerprint density at radius 3 is 2.85 bits per heavy atom. The zero-order valence-electron chi connectivity index (χ0n) is 14.7. The Morgan fingerprint density at radius 2 is 2.12 bits per heavy atom. The van der Waals surface area contributed by atoms with Crippen LogP contribution in [0.4, 0.5) is 0 Å². The molecule has 7 heteroatoms. The maximum Gasteiger partial charge on any atom is 0.306 e. The molecule has 2 aromatic heterocycles. The van der Waals surface area contributed by atoms with Crippen LogP contribution < -0.4 is 0 Å². The molecule has 5 nitrogen and oxygen atoms in total. The number of thiophene rings is 1. The average molecular weight is 391 g/mol. The molecule has 138 valence electrons. The number of hydrogen-bond donors (Lipinski definition) is 1. The minimum Gasteiger partial charge on any atom is -0.481 e. The SMILES string of the molecule is Cc1nc(-c2cc3c(s2)CCN(C(=O)C2CCCC(C(=O)O)C2)C3)cs1. The first-order valence-electron chi connectivity index (χ1n) is 9.07. The molecule has 26 heavy (non-hydrogen) atoms. The van der Waals surface area contributed by atoms with Gasteiger partial charge >= 0.3 is 5.97 Å². The van der Waals surface area contributed by atoms with E-state index >= 15 is 0 Å². The van der Waals surface area contributed by atoms with Gasteiger partial charge in [-0.15, -0.1) is 22.7 Å². The van der Waals surface area contributed by atoms with Crippen molar-refractivity contribution in [3.63, 3.8) is 0 Å².